The summed E-state index contributed by atoms with van der Waals surface area (Å²) in [4.78, 5) is 12.1. The Bertz CT molecular complexity index is 731. The molecule has 1 unspecified atom stereocenters. The lowest BCUT2D eigenvalue weighted by atomic mass is 10.1. The second-order valence-corrected chi connectivity index (χ2v) is 6.30. The summed E-state index contributed by atoms with van der Waals surface area (Å²) in [6.45, 7) is 5.34. The lowest BCUT2D eigenvalue weighted by Gasteiger charge is -2.19. The first-order valence-electron chi connectivity index (χ1n) is 7.32. The van der Waals surface area contributed by atoms with Crippen molar-refractivity contribution in [2.24, 2.45) is 0 Å². The Kier molecular flexibility index (Phi) is 3.64. The normalized spacial score (nSPS) is 16.2. The molecule has 1 aliphatic heterocycles. The van der Waals surface area contributed by atoms with E-state index in [1.807, 2.05) is 30.3 Å². The number of carbonyl (C=O) groups excluding carboxylic acids is 1. The predicted molar refractivity (Wildman–Crippen MR) is 83.7 cm³/mol. The Labute approximate surface area is 134 Å². The average Bonchev–Trinajstić information content (AvgIpc) is 2.91. The fraction of sp³-hybridized carbons (Fsp3) is 0.278. The van der Waals surface area contributed by atoms with E-state index in [1.165, 1.54) is 12.1 Å². The second kappa shape index (κ2) is 5.50. The third-order valence-corrected chi connectivity index (χ3v) is 3.20. The molecule has 0 aromatic heterocycles. The highest BCUT2D eigenvalue weighted by Gasteiger charge is 2.30. The SMILES string of the molecule is CC(C)(C)OC(=O)c1cc(O)c2c(c1)OC(c1ccccc1)O2. The summed E-state index contributed by atoms with van der Waals surface area (Å²) >= 11 is 0. The number of ether oxygens (including phenoxy) is 3. The minimum Gasteiger partial charge on any atom is -0.504 e. The standard InChI is InChI=1S/C18H18O5/c1-18(2,3)23-16(20)12-9-13(19)15-14(10-12)21-17(22-15)11-7-5-4-6-8-11/h4-10,17,19H,1-3H3. The van der Waals surface area contributed by atoms with E-state index < -0.39 is 17.9 Å². The average molecular weight is 314 g/mol. The predicted octanol–water partition coefficient (Wildman–Crippen LogP) is 3.82. The Balaban J connectivity index is 1.86. The monoisotopic (exact) mass is 314 g/mol. The number of phenols is 1. The van der Waals surface area contributed by atoms with Crippen LogP contribution in [0.15, 0.2) is 42.5 Å². The van der Waals surface area contributed by atoms with Crippen LogP contribution in [0.5, 0.6) is 17.2 Å². The summed E-state index contributed by atoms with van der Waals surface area (Å²) in [7, 11) is 0. The maximum absolute atomic E-state index is 12.1. The van der Waals surface area contributed by atoms with Crippen molar-refractivity contribution in [3.63, 3.8) is 0 Å². The number of aromatic hydroxyl groups is 1. The van der Waals surface area contributed by atoms with E-state index in [1.54, 1.807) is 20.8 Å². The topological polar surface area (TPSA) is 65.0 Å². The summed E-state index contributed by atoms with van der Waals surface area (Å²) in [5, 5.41) is 10.1. The molecule has 0 bridgehead atoms. The molecule has 1 heterocycles. The smallest absolute Gasteiger partial charge is 0.338 e. The van der Waals surface area contributed by atoms with E-state index in [9.17, 15) is 9.90 Å². The van der Waals surface area contributed by atoms with Crippen LogP contribution in [0.2, 0.25) is 0 Å². The third-order valence-electron chi connectivity index (χ3n) is 3.20. The number of rotatable bonds is 2. The van der Waals surface area contributed by atoms with Crippen molar-refractivity contribution in [2.45, 2.75) is 32.7 Å². The van der Waals surface area contributed by atoms with Crippen molar-refractivity contribution in [1.82, 2.24) is 0 Å². The fourth-order valence-corrected chi connectivity index (χ4v) is 2.24. The van der Waals surface area contributed by atoms with Crippen molar-refractivity contribution in [2.75, 3.05) is 0 Å². The van der Waals surface area contributed by atoms with E-state index in [0.717, 1.165) is 5.56 Å². The molecule has 0 spiro atoms. The van der Waals surface area contributed by atoms with Crippen molar-refractivity contribution in [1.29, 1.82) is 0 Å². The number of phenolic OH excluding ortho intramolecular Hbond substituents is 1. The molecule has 0 fully saturated rings. The minimum atomic E-state index is -0.647. The minimum absolute atomic E-state index is 0.151. The largest absolute Gasteiger partial charge is 0.504 e. The van der Waals surface area contributed by atoms with Crippen LogP contribution >= 0.6 is 0 Å². The number of benzene rings is 2. The molecule has 1 N–H and O–H groups in total. The van der Waals surface area contributed by atoms with Gasteiger partial charge < -0.3 is 19.3 Å². The molecule has 5 heteroatoms. The molecule has 5 nitrogen and oxygen atoms in total. The third kappa shape index (κ3) is 3.23. The van der Waals surface area contributed by atoms with Crippen LogP contribution in [-0.2, 0) is 4.74 Å². The first kappa shape index (κ1) is 15.2. The first-order chi connectivity index (χ1) is 10.8. The fourth-order valence-electron chi connectivity index (χ4n) is 2.24. The van der Waals surface area contributed by atoms with Gasteiger partial charge in [-0.2, -0.15) is 0 Å². The van der Waals surface area contributed by atoms with Crippen molar-refractivity contribution in [3.05, 3.63) is 53.6 Å². The van der Waals surface area contributed by atoms with Gasteiger partial charge in [-0.15, -0.1) is 0 Å². The van der Waals surface area contributed by atoms with Gasteiger partial charge in [-0.1, -0.05) is 30.3 Å². The Morgan fingerprint density at radius 2 is 1.83 bits per heavy atom. The Morgan fingerprint density at radius 3 is 2.48 bits per heavy atom. The van der Waals surface area contributed by atoms with Crippen molar-refractivity contribution < 1.29 is 24.1 Å². The molecule has 1 aliphatic rings. The number of fused-ring (bicyclic) bond motifs is 1. The number of hydrogen-bond donors (Lipinski definition) is 1. The van der Waals surface area contributed by atoms with Gasteiger partial charge in [0.1, 0.15) is 5.60 Å². The van der Waals surface area contributed by atoms with Crippen molar-refractivity contribution >= 4 is 5.97 Å². The molecule has 23 heavy (non-hydrogen) atoms. The van der Waals surface area contributed by atoms with Crippen LogP contribution in [0.1, 0.15) is 43.0 Å². The van der Waals surface area contributed by atoms with Gasteiger partial charge in [0.2, 0.25) is 5.75 Å². The molecule has 0 aliphatic carbocycles. The summed E-state index contributed by atoms with van der Waals surface area (Å²) in [6, 6.07) is 12.2. The van der Waals surface area contributed by atoms with Gasteiger partial charge in [-0.05, 0) is 32.9 Å². The summed E-state index contributed by atoms with van der Waals surface area (Å²) < 4.78 is 16.6. The van der Waals surface area contributed by atoms with E-state index >= 15 is 0 Å². The number of carbonyl (C=O) groups is 1. The number of hydrogen-bond acceptors (Lipinski definition) is 5. The molecule has 0 saturated heterocycles. The molecule has 0 saturated carbocycles. The van der Waals surface area contributed by atoms with E-state index in [0.29, 0.717) is 5.75 Å². The van der Waals surface area contributed by atoms with Gasteiger partial charge in [0.25, 0.3) is 6.29 Å². The molecule has 2 aromatic rings. The molecule has 120 valence electrons. The second-order valence-electron chi connectivity index (χ2n) is 6.30. The zero-order chi connectivity index (χ0) is 16.6. The maximum Gasteiger partial charge on any atom is 0.338 e. The van der Waals surface area contributed by atoms with Gasteiger partial charge in [0.05, 0.1) is 5.56 Å². The van der Waals surface area contributed by atoms with Gasteiger partial charge in [0.15, 0.2) is 11.5 Å². The van der Waals surface area contributed by atoms with Crippen LogP contribution in [-0.4, -0.2) is 16.7 Å². The van der Waals surface area contributed by atoms with E-state index in [-0.39, 0.29) is 17.1 Å². The van der Waals surface area contributed by atoms with Gasteiger partial charge in [-0.25, -0.2) is 4.79 Å². The molecule has 0 radical (unpaired) electrons. The molecule has 1 atom stereocenters. The van der Waals surface area contributed by atoms with Crippen LogP contribution in [0.4, 0.5) is 0 Å². The van der Waals surface area contributed by atoms with Crippen LogP contribution in [0, 0.1) is 0 Å². The molecular formula is C18H18O5. The van der Waals surface area contributed by atoms with E-state index in [4.69, 9.17) is 14.2 Å². The number of esters is 1. The maximum atomic E-state index is 12.1. The molecular weight excluding hydrogens is 296 g/mol. The highest BCUT2D eigenvalue weighted by molar-refractivity contribution is 5.91. The Morgan fingerprint density at radius 1 is 1.13 bits per heavy atom. The van der Waals surface area contributed by atoms with Gasteiger partial charge in [0, 0.05) is 5.56 Å². The van der Waals surface area contributed by atoms with Crippen LogP contribution in [0.3, 0.4) is 0 Å². The van der Waals surface area contributed by atoms with Gasteiger partial charge in [-0.3, -0.25) is 0 Å². The highest BCUT2D eigenvalue weighted by atomic mass is 16.7. The van der Waals surface area contributed by atoms with Crippen LogP contribution < -0.4 is 9.47 Å². The zero-order valence-electron chi connectivity index (χ0n) is 13.2. The summed E-state index contributed by atoms with van der Waals surface area (Å²) in [5.74, 6) is -0.130. The first-order valence-corrected chi connectivity index (χ1v) is 7.32. The molecule has 0 amide bonds. The summed E-state index contributed by atoms with van der Waals surface area (Å²) in [6.07, 6.45) is -0.647. The molecule has 3 rings (SSSR count). The highest BCUT2D eigenvalue weighted by Crippen LogP contribution is 2.47. The van der Waals surface area contributed by atoms with E-state index in [2.05, 4.69) is 0 Å². The lowest BCUT2D eigenvalue weighted by Crippen LogP contribution is -2.23. The van der Waals surface area contributed by atoms with Gasteiger partial charge >= 0.3 is 5.97 Å². The van der Waals surface area contributed by atoms with Crippen LogP contribution in [0.25, 0.3) is 0 Å². The molecule has 2 aromatic carbocycles. The van der Waals surface area contributed by atoms with Crippen molar-refractivity contribution in [3.8, 4) is 17.2 Å². The lowest BCUT2D eigenvalue weighted by molar-refractivity contribution is 0.00682. The zero-order valence-corrected chi connectivity index (χ0v) is 13.2. The quantitative estimate of drug-likeness (QED) is 0.854. The Hall–Kier alpha value is -2.69. The summed E-state index contributed by atoms with van der Waals surface area (Å²) in [5.41, 5.74) is 0.422.